The van der Waals surface area contributed by atoms with Crippen molar-refractivity contribution in [2.45, 2.75) is 42.7 Å². The monoisotopic (exact) mass is 372 g/mol. The third-order valence-corrected chi connectivity index (χ3v) is 6.77. The lowest BCUT2D eigenvalue weighted by molar-refractivity contribution is -0.124. The molecule has 7 heteroatoms. The fourth-order valence-electron chi connectivity index (χ4n) is 2.60. The van der Waals surface area contributed by atoms with Crippen molar-refractivity contribution in [3.05, 3.63) is 28.7 Å². The summed E-state index contributed by atoms with van der Waals surface area (Å²) in [6, 6.07) is 6.38. The van der Waals surface area contributed by atoms with Gasteiger partial charge in [-0.05, 0) is 53.7 Å². The van der Waals surface area contributed by atoms with Gasteiger partial charge in [-0.3, -0.25) is 4.79 Å². The summed E-state index contributed by atoms with van der Waals surface area (Å²) in [7, 11) is -3.65. The molecule has 1 aliphatic heterocycles. The van der Waals surface area contributed by atoms with Gasteiger partial charge in [-0.2, -0.15) is 4.31 Å². The van der Waals surface area contributed by atoms with Gasteiger partial charge in [-0.1, -0.05) is 12.1 Å². The van der Waals surface area contributed by atoms with Crippen LogP contribution in [0.1, 0.15) is 25.7 Å². The van der Waals surface area contributed by atoms with Crippen LogP contribution >= 0.6 is 15.9 Å². The Morgan fingerprint density at radius 2 is 1.95 bits per heavy atom. The van der Waals surface area contributed by atoms with E-state index >= 15 is 0 Å². The zero-order chi connectivity index (χ0) is 15.0. The average Bonchev–Trinajstić information content (AvgIpc) is 3.10. The first kappa shape index (κ1) is 15.0. The molecule has 1 saturated heterocycles. The van der Waals surface area contributed by atoms with E-state index in [1.807, 2.05) is 0 Å². The van der Waals surface area contributed by atoms with Crippen LogP contribution in [0, 0.1) is 0 Å². The van der Waals surface area contributed by atoms with Gasteiger partial charge in [0.25, 0.3) is 0 Å². The molecular weight excluding hydrogens is 356 g/mol. The smallest absolute Gasteiger partial charge is 0.244 e. The highest BCUT2D eigenvalue weighted by atomic mass is 79.9. The molecule has 1 heterocycles. The van der Waals surface area contributed by atoms with Gasteiger partial charge in [0.2, 0.25) is 15.9 Å². The number of amides is 1. The number of nitrogens with one attached hydrogen (secondary N) is 1. The van der Waals surface area contributed by atoms with Gasteiger partial charge < -0.3 is 5.32 Å². The number of rotatable bonds is 4. The topological polar surface area (TPSA) is 66.5 Å². The molecule has 1 amide bonds. The first-order chi connectivity index (χ1) is 10.00. The van der Waals surface area contributed by atoms with Crippen LogP contribution in [0.5, 0.6) is 0 Å². The predicted octanol–water partition coefficient (Wildman–Crippen LogP) is 1.88. The first-order valence-corrected chi connectivity index (χ1v) is 9.30. The number of carbonyl (C=O) groups is 1. The molecule has 1 aliphatic carbocycles. The molecule has 3 rings (SSSR count). The van der Waals surface area contributed by atoms with Crippen LogP contribution in [-0.2, 0) is 14.8 Å². The third kappa shape index (κ3) is 3.00. The molecule has 1 unspecified atom stereocenters. The van der Waals surface area contributed by atoms with Gasteiger partial charge in [0.1, 0.15) is 6.04 Å². The van der Waals surface area contributed by atoms with Crippen molar-refractivity contribution in [1.82, 2.24) is 9.62 Å². The molecule has 1 aromatic carbocycles. The van der Waals surface area contributed by atoms with E-state index in [-0.39, 0.29) is 16.8 Å². The second-order valence-corrected chi connectivity index (χ2v) is 8.20. The Labute approximate surface area is 132 Å². The number of hydrogen-bond acceptors (Lipinski definition) is 3. The van der Waals surface area contributed by atoms with Crippen LogP contribution in [0.15, 0.2) is 33.6 Å². The van der Waals surface area contributed by atoms with Crippen LogP contribution in [0.3, 0.4) is 0 Å². The summed E-state index contributed by atoms with van der Waals surface area (Å²) in [6.45, 7) is 0.395. The van der Waals surface area contributed by atoms with E-state index in [4.69, 9.17) is 0 Å². The molecule has 5 nitrogen and oxygen atoms in total. The molecule has 1 atom stereocenters. The Bertz CT molecular complexity index is 658. The largest absolute Gasteiger partial charge is 0.352 e. The molecular formula is C14H17BrN2O3S. The van der Waals surface area contributed by atoms with Crippen molar-refractivity contribution in [1.29, 1.82) is 0 Å². The number of carbonyl (C=O) groups excluding carboxylic acids is 1. The van der Waals surface area contributed by atoms with Crippen molar-refractivity contribution in [2.75, 3.05) is 6.54 Å². The SMILES string of the molecule is O=C(NC1CC1)C1CCCN1S(=O)(=O)c1ccccc1Br. The highest BCUT2D eigenvalue weighted by molar-refractivity contribution is 9.10. The van der Waals surface area contributed by atoms with E-state index in [0.29, 0.717) is 23.9 Å². The maximum atomic E-state index is 12.8. The van der Waals surface area contributed by atoms with Crippen LogP contribution in [0.25, 0.3) is 0 Å². The number of benzene rings is 1. The van der Waals surface area contributed by atoms with E-state index in [2.05, 4.69) is 21.2 Å². The zero-order valence-corrected chi connectivity index (χ0v) is 13.9. The van der Waals surface area contributed by atoms with Gasteiger partial charge in [-0.15, -0.1) is 0 Å². The van der Waals surface area contributed by atoms with Crippen LogP contribution < -0.4 is 5.32 Å². The van der Waals surface area contributed by atoms with Gasteiger partial charge in [0, 0.05) is 17.1 Å². The highest BCUT2D eigenvalue weighted by Gasteiger charge is 2.41. The normalized spacial score (nSPS) is 23.2. The lowest BCUT2D eigenvalue weighted by Gasteiger charge is -2.23. The lowest BCUT2D eigenvalue weighted by atomic mass is 10.2. The minimum absolute atomic E-state index is 0.161. The second kappa shape index (κ2) is 5.70. The molecule has 2 fully saturated rings. The number of halogens is 1. The molecule has 0 spiro atoms. The van der Waals surface area contributed by atoms with Crippen molar-refractivity contribution in [3.63, 3.8) is 0 Å². The Hall–Kier alpha value is -0.920. The van der Waals surface area contributed by atoms with Crippen molar-refractivity contribution < 1.29 is 13.2 Å². The minimum atomic E-state index is -3.65. The van der Waals surface area contributed by atoms with Crippen LogP contribution in [-0.4, -0.2) is 37.3 Å². The summed E-state index contributed by atoms with van der Waals surface area (Å²) < 4.78 is 27.4. The molecule has 1 N–H and O–H groups in total. The quantitative estimate of drug-likeness (QED) is 0.877. The average molecular weight is 373 g/mol. The summed E-state index contributed by atoms with van der Waals surface area (Å²) in [4.78, 5) is 12.5. The van der Waals surface area contributed by atoms with Crippen molar-refractivity contribution in [3.8, 4) is 0 Å². The van der Waals surface area contributed by atoms with Crippen molar-refractivity contribution >= 4 is 31.9 Å². The number of sulfonamides is 1. The maximum absolute atomic E-state index is 12.8. The lowest BCUT2D eigenvalue weighted by Crippen LogP contribution is -2.46. The Morgan fingerprint density at radius 1 is 1.24 bits per heavy atom. The summed E-state index contributed by atoms with van der Waals surface area (Å²) in [5, 5.41) is 2.91. The molecule has 0 radical (unpaired) electrons. The van der Waals surface area contributed by atoms with Crippen LogP contribution in [0.2, 0.25) is 0 Å². The second-order valence-electron chi connectivity index (χ2n) is 5.49. The van der Waals surface area contributed by atoms with Gasteiger partial charge in [0.15, 0.2) is 0 Å². The number of hydrogen-bond donors (Lipinski definition) is 1. The van der Waals surface area contributed by atoms with E-state index < -0.39 is 16.1 Å². The number of nitrogens with zero attached hydrogens (tertiary/aromatic N) is 1. The minimum Gasteiger partial charge on any atom is -0.352 e. The standard InChI is InChI=1S/C14H17BrN2O3S/c15-11-4-1-2-6-13(11)21(19,20)17-9-3-5-12(17)14(18)16-10-7-8-10/h1-2,4,6,10,12H,3,5,7-9H2,(H,16,18). The Kier molecular flexibility index (Phi) is 4.07. The van der Waals surface area contributed by atoms with Crippen LogP contribution in [0.4, 0.5) is 0 Å². The first-order valence-electron chi connectivity index (χ1n) is 7.07. The van der Waals surface area contributed by atoms with E-state index in [0.717, 1.165) is 12.8 Å². The summed E-state index contributed by atoms with van der Waals surface area (Å²) >= 11 is 3.28. The van der Waals surface area contributed by atoms with E-state index in [1.165, 1.54) is 4.31 Å². The summed E-state index contributed by atoms with van der Waals surface area (Å²) in [6.07, 6.45) is 3.29. The Morgan fingerprint density at radius 3 is 2.62 bits per heavy atom. The summed E-state index contributed by atoms with van der Waals surface area (Å²) in [5.74, 6) is -0.161. The van der Waals surface area contributed by atoms with Gasteiger partial charge >= 0.3 is 0 Å². The molecule has 114 valence electrons. The molecule has 1 aromatic rings. The van der Waals surface area contributed by atoms with Gasteiger partial charge in [0.05, 0.1) is 4.90 Å². The third-order valence-electron chi connectivity index (χ3n) is 3.85. The highest BCUT2D eigenvalue weighted by Crippen LogP contribution is 2.31. The Balaban J connectivity index is 1.86. The summed E-state index contributed by atoms with van der Waals surface area (Å²) in [5.41, 5.74) is 0. The predicted molar refractivity (Wildman–Crippen MR) is 82.2 cm³/mol. The van der Waals surface area contributed by atoms with Gasteiger partial charge in [-0.25, -0.2) is 8.42 Å². The fraction of sp³-hybridized carbons (Fsp3) is 0.500. The fourth-order valence-corrected chi connectivity index (χ4v) is 5.22. The molecule has 0 bridgehead atoms. The van der Waals surface area contributed by atoms with Crippen molar-refractivity contribution in [2.24, 2.45) is 0 Å². The zero-order valence-electron chi connectivity index (χ0n) is 11.5. The van der Waals surface area contributed by atoms with E-state index in [1.54, 1.807) is 24.3 Å². The molecule has 0 aromatic heterocycles. The molecule has 21 heavy (non-hydrogen) atoms. The van der Waals surface area contributed by atoms with E-state index in [9.17, 15) is 13.2 Å². The maximum Gasteiger partial charge on any atom is 0.244 e. The molecule has 1 saturated carbocycles. The molecule has 2 aliphatic rings.